The van der Waals surface area contributed by atoms with Crippen LogP contribution in [0.2, 0.25) is 0 Å². The number of pyridine rings is 1. The Balaban J connectivity index is 1.83. The standard InChI is InChI=1S/C16H17N4O4P/c1-20-14(21)7-6-13-15(17-10-18-16(13)20)19-12-4-2-11(3-5-12)8-9-25(22,23)24/h2-7,10H,8-9H2,1H3,(H,17,18,19)(H2,22,23,24). The third-order valence-electron chi connectivity index (χ3n) is 3.81. The van der Waals surface area contributed by atoms with E-state index in [1.54, 1.807) is 25.2 Å². The highest BCUT2D eigenvalue weighted by Crippen LogP contribution is 2.35. The van der Waals surface area contributed by atoms with Crippen LogP contribution in [0.3, 0.4) is 0 Å². The topological polar surface area (TPSA) is 117 Å². The fraction of sp³-hybridized carbons (Fsp3) is 0.188. The normalized spacial score (nSPS) is 11.6. The van der Waals surface area contributed by atoms with Gasteiger partial charge in [0, 0.05) is 18.8 Å². The molecule has 3 rings (SSSR count). The van der Waals surface area contributed by atoms with E-state index in [-0.39, 0.29) is 11.7 Å². The van der Waals surface area contributed by atoms with Crippen molar-refractivity contribution >= 4 is 30.1 Å². The maximum atomic E-state index is 11.7. The summed E-state index contributed by atoms with van der Waals surface area (Å²) in [6, 6.07) is 10.4. The lowest BCUT2D eigenvalue weighted by Gasteiger charge is -2.10. The van der Waals surface area contributed by atoms with Crippen molar-refractivity contribution in [2.24, 2.45) is 7.05 Å². The molecule has 0 saturated heterocycles. The Morgan fingerprint density at radius 1 is 1.12 bits per heavy atom. The van der Waals surface area contributed by atoms with Gasteiger partial charge in [-0.25, -0.2) is 9.97 Å². The summed E-state index contributed by atoms with van der Waals surface area (Å²) in [5.41, 5.74) is 1.99. The van der Waals surface area contributed by atoms with Crippen LogP contribution < -0.4 is 10.9 Å². The van der Waals surface area contributed by atoms with Gasteiger partial charge in [0.15, 0.2) is 0 Å². The zero-order valence-corrected chi connectivity index (χ0v) is 14.3. The quantitative estimate of drug-likeness (QED) is 0.594. The van der Waals surface area contributed by atoms with Crippen LogP contribution >= 0.6 is 7.60 Å². The summed E-state index contributed by atoms with van der Waals surface area (Å²) in [5.74, 6) is 0.573. The first-order chi connectivity index (χ1) is 11.8. The van der Waals surface area contributed by atoms with Gasteiger partial charge in [0.1, 0.15) is 17.8 Å². The average Bonchev–Trinajstić information content (AvgIpc) is 2.57. The van der Waals surface area contributed by atoms with Gasteiger partial charge in [-0.2, -0.15) is 0 Å². The molecular formula is C16H17N4O4P. The molecule has 0 atom stereocenters. The minimum absolute atomic E-state index is 0.147. The molecule has 1 aromatic carbocycles. The van der Waals surface area contributed by atoms with Crippen LogP contribution in [0.4, 0.5) is 11.5 Å². The summed E-state index contributed by atoms with van der Waals surface area (Å²) < 4.78 is 12.4. The number of hydrogen-bond acceptors (Lipinski definition) is 5. The second kappa shape index (κ2) is 6.76. The number of benzene rings is 1. The number of nitrogens with zero attached hydrogens (tertiary/aromatic N) is 3. The summed E-state index contributed by atoms with van der Waals surface area (Å²) >= 11 is 0. The molecule has 130 valence electrons. The Hall–Kier alpha value is -2.54. The summed E-state index contributed by atoms with van der Waals surface area (Å²) in [6.45, 7) is 0. The number of aromatic nitrogens is 3. The first-order valence-electron chi connectivity index (χ1n) is 7.55. The third kappa shape index (κ3) is 4.11. The van der Waals surface area contributed by atoms with Crippen molar-refractivity contribution in [3.8, 4) is 0 Å². The van der Waals surface area contributed by atoms with Crippen LogP contribution in [-0.4, -0.2) is 30.5 Å². The smallest absolute Gasteiger partial charge is 0.325 e. The molecule has 0 radical (unpaired) electrons. The van der Waals surface area contributed by atoms with Gasteiger partial charge in [-0.1, -0.05) is 12.1 Å². The van der Waals surface area contributed by atoms with Gasteiger partial charge in [0.2, 0.25) is 0 Å². The molecule has 0 spiro atoms. The molecule has 0 aliphatic carbocycles. The van der Waals surface area contributed by atoms with E-state index >= 15 is 0 Å². The molecule has 3 aromatic rings. The van der Waals surface area contributed by atoms with E-state index < -0.39 is 7.60 Å². The van der Waals surface area contributed by atoms with Gasteiger partial charge < -0.3 is 15.1 Å². The molecule has 3 N–H and O–H groups in total. The molecule has 0 fully saturated rings. The van der Waals surface area contributed by atoms with Crippen LogP contribution in [0.1, 0.15) is 5.56 Å². The van der Waals surface area contributed by atoms with Crippen molar-refractivity contribution in [1.82, 2.24) is 14.5 Å². The molecular weight excluding hydrogens is 343 g/mol. The lowest BCUT2D eigenvalue weighted by molar-refractivity contribution is 0.373. The summed E-state index contributed by atoms with van der Waals surface area (Å²) in [6.07, 6.45) is 1.52. The molecule has 0 aliphatic rings. The summed E-state index contributed by atoms with van der Waals surface area (Å²) in [7, 11) is -2.34. The summed E-state index contributed by atoms with van der Waals surface area (Å²) in [5, 5.41) is 3.89. The van der Waals surface area contributed by atoms with Crippen LogP contribution in [0, 0.1) is 0 Å². The molecule has 25 heavy (non-hydrogen) atoms. The minimum atomic E-state index is -3.99. The Morgan fingerprint density at radius 2 is 1.84 bits per heavy atom. The minimum Gasteiger partial charge on any atom is -0.340 e. The van der Waals surface area contributed by atoms with Crippen LogP contribution in [0.15, 0.2) is 47.5 Å². The lowest BCUT2D eigenvalue weighted by atomic mass is 10.1. The molecule has 0 amide bonds. The third-order valence-corrected chi connectivity index (χ3v) is 4.62. The number of hydrogen-bond donors (Lipinski definition) is 3. The van der Waals surface area contributed by atoms with E-state index in [4.69, 9.17) is 9.79 Å². The van der Waals surface area contributed by atoms with E-state index in [1.165, 1.54) is 17.0 Å². The zero-order valence-electron chi connectivity index (χ0n) is 13.5. The Bertz CT molecular complexity index is 1010. The molecule has 9 heteroatoms. The number of nitrogens with one attached hydrogen (secondary N) is 1. The summed E-state index contributed by atoms with van der Waals surface area (Å²) in [4.78, 5) is 37.9. The number of rotatable bonds is 5. The lowest BCUT2D eigenvalue weighted by Crippen LogP contribution is -2.16. The van der Waals surface area contributed by atoms with Gasteiger partial charge >= 0.3 is 7.60 Å². The van der Waals surface area contributed by atoms with Crippen molar-refractivity contribution in [3.63, 3.8) is 0 Å². The van der Waals surface area contributed by atoms with E-state index in [1.807, 2.05) is 12.1 Å². The largest absolute Gasteiger partial charge is 0.340 e. The first-order valence-corrected chi connectivity index (χ1v) is 9.34. The highest BCUT2D eigenvalue weighted by atomic mass is 31.2. The van der Waals surface area contributed by atoms with Crippen molar-refractivity contribution in [1.29, 1.82) is 0 Å². The number of anilines is 2. The Labute approximate surface area is 143 Å². The van der Waals surface area contributed by atoms with Crippen molar-refractivity contribution in [3.05, 3.63) is 58.6 Å². The van der Waals surface area contributed by atoms with Crippen molar-refractivity contribution < 1.29 is 14.4 Å². The second-order valence-electron chi connectivity index (χ2n) is 5.65. The first kappa shape index (κ1) is 17.3. The Morgan fingerprint density at radius 3 is 2.52 bits per heavy atom. The van der Waals surface area contributed by atoms with Crippen LogP contribution in [0.25, 0.3) is 11.0 Å². The second-order valence-corrected chi connectivity index (χ2v) is 7.43. The van der Waals surface area contributed by atoms with Crippen LogP contribution in [0.5, 0.6) is 0 Å². The fourth-order valence-corrected chi connectivity index (χ4v) is 2.99. The van der Waals surface area contributed by atoms with Crippen molar-refractivity contribution in [2.75, 3.05) is 11.5 Å². The number of fused-ring (bicyclic) bond motifs is 1. The maximum Gasteiger partial charge on any atom is 0.325 e. The highest BCUT2D eigenvalue weighted by molar-refractivity contribution is 7.51. The predicted molar refractivity (Wildman–Crippen MR) is 95.1 cm³/mol. The van der Waals surface area contributed by atoms with E-state index in [0.29, 0.717) is 17.9 Å². The average molecular weight is 360 g/mol. The molecule has 0 saturated carbocycles. The van der Waals surface area contributed by atoms with Gasteiger partial charge in [0.05, 0.1) is 11.5 Å². The van der Waals surface area contributed by atoms with Crippen LogP contribution in [-0.2, 0) is 18.0 Å². The fourth-order valence-electron chi connectivity index (χ4n) is 2.44. The molecule has 0 unspecified atom stereocenters. The molecule has 0 bridgehead atoms. The molecule has 2 heterocycles. The van der Waals surface area contributed by atoms with Gasteiger partial charge in [0.25, 0.3) is 5.56 Å². The molecule has 0 aliphatic heterocycles. The van der Waals surface area contributed by atoms with Gasteiger partial charge in [-0.3, -0.25) is 13.9 Å². The zero-order chi connectivity index (χ0) is 18.0. The maximum absolute atomic E-state index is 11.7. The van der Waals surface area contributed by atoms with Gasteiger partial charge in [-0.15, -0.1) is 0 Å². The van der Waals surface area contributed by atoms with E-state index in [9.17, 15) is 9.36 Å². The predicted octanol–water partition coefficient (Wildman–Crippen LogP) is 1.79. The van der Waals surface area contributed by atoms with E-state index in [2.05, 4.69) is 15.3 Å². The van der Waals surface area contributed by atoms with E-state index in [0.717, 1.165) is 16.6 Å². The molecule has 2 aromatic heterocycles. The van der Waals surface area contributed by atoms with Crippen molar-refractivity contribution in [2.45, 2.75) is 6.42 Å². The van der Waals surface area contributed by atoms with Gasteiger partial charge in [-0.05, 0) is 30.2 Å². The Kier molecular flexibility index (Phi) is 4.67. The SMILES string of the molecule is Cn1c(=O)ccc2c(Nc3ccc(CCP(=O)(O)O)cc3)ncnc21. The highest BCUT2D eigenvalue weighted by Gasteiger charge is 2.12. The number of aryl methyl sites for hydroxylation is 2. The molecule has 8 nitrogen and oxygen atoms in total. The monoisotopic (exact) mass is 360 g/mol.